The number of hydrogen-bond donors (Lipinski definition) is 4. The number of alkyl halides is 3. The van der Waals surface area contributed by atoms with Crippen LogP contribution < -0.4 is 10.6 Å². The largest absolute Gasteiger partial charge is 0.444 e. The normalized spacial score (nSPS) is 18.0. The van der Waals surface area contributed by atoms with Gasteiger partial charge in [-0.2, -0.15) is 13.2 Å². The van der Waals surface area contributed by atoms with Crippen LogP contribution in [0.1, 0.15) is 66.5 Å². The number of H-pyrrole nitrogens is 1. The van der Waals surface area contributed by atoms with E-state index in [9.17, 15) is 37.1 Å². The summed E-state index contributed by atoms with van der Waals surface area (Å²) in [5.74, 6) is -2.46. The second-order valence-corrected chi connectivity index (χ2v) is 11.0. The first-order chi connectivity index (χ1) is 18.5. The number of anilines is 1. The zero-order valence-electron chi connectivity index (χ0n) is 22.4. The van der Waals surface area contributed by atoms with Crippen LogP contribution in [0.25, 0.3) is 11.6 Å². The molecule has 216 valence electrons. The highest BCUT2D eigenvalue weighted by Gasteiger charge is 2.42. The fourth-order valence-electron chi connectivity index (χ4n) is 4.73. The highest BCUT2D eigenvalue weighted by molar-refractivity contribution is 6.35. The quantitative estimate of drug-likeness (QED) is 0.321. The Morgan fingerprint density at radius 3 is 2.45 bits per heavy atom. The number of halogens is 4. The minimum Gasteiger partial charge on any atom is -0.444 e. The Morgan fingerprint density at radius 1 is 1.20 bits per heavy atom. The summed E-state index contributed by atoms with van der Waals surface area (Å²) in [6, 6.07) is 3.44. The molecule has 2 aliphatic heterocycles. The van der Waals surface area contributed by atoms with Crippen molar-refractivity contribution in [2.24, 2.45) is 0 Å². The molecule has 4 rings (SSSR count). The zero-order valence-corrected chi connectivity index (χ0v) is 22.4. The van der Waals surface area contributed by atoms with Crippen LogP contribution in [-0.2, 0) is 15.7 Å². The summed E-state index contributed by atoms with van der Waals surface area (Å²) < 4.78 is 61.8. The maximum atomic E-state index is 14.2. The second-order valence-electron chi connectivity index (χ2n) is 11.0. The summed E-state index contributed by atoms with van der Waals surface area (Å²) in [6.45, 7) is 6.39. The van der Waals surface area contributed by atoms with Crippen molar-refractivity contribution in [3.63, 3.8) is 0 Å². The first-order valence-corrected chi connectivity index (χ1v) is 12.6. The number of carbonyl (C=O) groups is 3. The first-order valence-electron chi connectivity index (χ1n) is 12.6. The van der Waals surface area contributed by atoms with Crippen LogP contribution in [0.4, 0.5) is 28.0 Å². The molecule has 0 radical (unpaired) electrons. The molecule has 2 aliphatic rings. The standard InChI is InChI=1S/C27H30F4N4O5/c1-14-20(23(37)32-13-26(39)7-9-35(10-8-26)24(38)40-25(2,3)4)21(27(29,30)31)19(33-14)12-17-16-11-15(28)5-6-18(16)34-22(17)36/h5-6,11-12,33,39H,7-10,13H2,1-4H3,(H,32,37)(H,34,36)/b17-12-. The monoisotopic (exact) mass is 566 g/mol. The smallest absolute Gasteiger partial charge is 0.419 e. The van der Waals surface area contributed by atoms with Crippen LogP contribution in [0.5, 0.6) is 0 Å². The highest BCUT2D eigenvalue weighted by Crippen LogP contribution is 2.40. The van der Waals surface area contributed by atoms with E-state index in [-0.39, 0.29) is 55.0 Å². The van der Waals surface area contributed by atoms with Crippen molar-refractivity contribution >= 4 is 35.2 Å². The minimum absolute atomic E-state index is 0.0766. The Labute approximate surface area is 227 Å². The lowest BCUT2D eigenvalue weighted by Gasteiger charge is -2.38. The summed E-state index contributed by atoms with van der Waals surface area (Å²) in [6.07, 6.45) is -4.44. The summed E-state index contributed by atoms with van der Waals surface area (Å²) in [5.41, 5.74) is -4.63. The fraction of sp³-hybridized carbons (Fsp3) is 0.444. The van der Waals surface area contributed by atoms with Crippen LogP contribution >= 0.6 is 0 Å². The van der Waals surface area contributed by atoms with Gasteiger partial charge < -0.3 is 30.4 Å². The van der Waals surface area contributed by atoms with Crippen molar-refractivity contribution in [2.45, 2.75) is 57.9 Å². The molecule has 0 atom stereocenters. The van der Waals surface area contributed by atoms with Crippen LogP contribution in [0, 0.1) is 12.7 Å². The number of amides is 3. The minimum atomic E-state index is -4.99. The summed E-state index contributed by atoms with van der Waals surface area (Å²) >= 11 is 0. The molecule has 3 heterocycles. The average molecular weight is 567 g/mol. The van der Waals surface area contributed by atoms with Gasteiger partial charge in [-0.3, -0.25) is 9.59 Å². The van der Waals surface area contributed by atoms with Gasteiger partial charge in [0, 0.05) is 36.6 Å². The van der Waals surface area contributed by atoms with E-state index >= 15 is 0 Å². The van der Waals surface area contributed by atoms with E-state index in [1.54, 1.807) is 20.8 Å². The molecule has 13 heteroatoms. The van der Waals surface area contributed by atoms with Gasteiger partial charge in [-0.1, -0.05) is 0 Å². The maximum Gasteiger partial charge on any atom is 0.419 e. The number of nitrogens with zero attached hydrogens (tertiary/aromatic N) is 1. The van der Waals surface area contributed by atoms with Crippen molar-refractivity contribution in [2.75, 3.05) is 25.0 Å². The first kappa shape index (κ1) is 29.1. The number of ether oxygens (including phenoxy) is 1. The molecule has 0 saturated carbocycles. The van der Waals surface area contributed by atoms with Gasteiger partial charge in [-0.15, -0.1) is 0 Å². The summed E-state index contributed by atoms with van der Waals surface area (Å²) in [7, 11) is 0. The molecule has 9 nitrogen and oxygen atoms in total. The van der Waals surface area contributed by atoms with Crippen molar-refractivity contribution in [3.05, 3.63) is 52.1 Å². The molecule has 4 N–H and O–H groups in total. The Bertz CT molecular complexity index is 1380. The number of aliphatic hydroxyl groups is 1. The number of carbonyl (C=O) groups excluding carboxylic acids is 3. The summed E-state index contributed by atoms with van der Waals surface area (Å²) in [5, 5.41) is 15.8. The topological polar surface area (TPSA) is 124 Å². The van der Waals surface area contributed by atoms with Gasteiger partial charge in [0.05, 0.1) is 28.0 Å². The molecule has 3 amide bonds. The van der Waals surface area contributed by atoms with Crippen LogP contribution in [0.3, 0.4) is 0 Å². The van der Waals surface area contributed by atoms with Crippen LogP contribution in [0.15, 0.2) is 18.2 Å². The number of benzene rings is 1. The maximum absolute atomic E-state index is 14.2. The van der Waals surface area contributed by atoms with E-state index in [0.717, 1.165) is 18.2 Å². The third-order valence-corrected chi connectivity index (χ3v) is 6.70. The molecule has 1 fully saturated rings. The Kier molecular flexibility index (Phi) is 7.48. The second kappa shape index (κ2) is 10.3. The van der Waals surface area contributed by atoms with Gasteiger partial charge in [0.15, 0.2) is 0 Å². The van der Waals surface area contributed by atoms with Gasteiger partial charge in [-0.05, 0) is 64.8 Å². The number of fused-ring (bicyclic) bond motifs is 1. The van der Waals surface area contributed by atoms with Gasteiger partial charge in [0.25, 0.3) is 11.8 Å². The predicted octanol–water partition coefficient (Wildman–Crippen LogP) is 4.47. The number of hydrogen-bond acceptors (Lipinski definition) is 5. The lowest BCUT2D eigenvalue weighted by atomic mass is 9.91. The van der Waals surface area contributed by atoms with E-state index in [0.29, 0.717) is 0 Å². The van der Waals surface area contributed by atoms with E-state index in [2.05, 4.69) is 15.6 Å². The molecule has 40 heavy (non-hydrogen) atoms. The van der Waals surface area contributed by atoms with Gasteiger partial charge in [0.1, 0.15) is 11.4 Å². The molecule has 0 aliphatic carbocycles. The third kappa shape index (κ3) is 6.14. The Morgan fingerprint density at radius 2 is 1.85 bits per heavy atom. The molecule has 1 aromatic heterocycles. The van der Waals surface area contributed by atoms with Crippen molar-refractivity contribution in [1.29, 1.82) is 0 Å². The Balaban J connectivity index is 1.54. The molecule has 0 spiro atoms. The number of rotatable bonds is 4. The summed E-state index contributed by atoms with van der Waals surface area (Å²) in [4.78, 5) is 41.7. The van der Waals surface area contributed by atoms with E-state index in [1.807, 2.05) is 0 Å². The molecule has 0 unspecified atom stereocenters. The van der Waals surface area contributed by atoms with Crippen molar-refractivity contribution in [1.82, 2.24) is 15.2 Å². The average Bonchev–Trinajstić information content (AvgIpc) is 3.33. The molecule has 0 bridgehead atoms. The highest BCUT2D eigenvalue weighted by atomic mass is 19.4. The number of aromatic nitrogens is 1. The number of nitrogens with one attached hydrogen (secondary N) is 3. The zero-order chi connectivity index (χ0) is 29.6. The third-order valence-electron chi connectivity index (χ3n) is 6.70. The molecule has 1 saturated heterocycles. The van der Waals surface area contributed by atoms with Crippen LogP contribution in [0.2, 0.25) is 0 Å². The number of aromatic amines is 1. The molecule has 1 aromatic carbocycles. The number of piperidine rings is 1. The Hall–Kier alpha value is -3.87. The van der Waals surface area contributed by atoms with E-state index in [1.165, 1.54) is 17.9 Å². The van der Waals surface area contributed by atoms with Crippen molar-refractivity contribution in [3.8, 4) is 0 Å². The van der Waals surface area contributed by atoms with Crippen LogP contribution in [-0.4, -0.2) is 63.7 Å². The number of likely N-dealkylation sites (tertiary alicyclic amines) is 1. The molecule has 2 aromatic rings. The van der Waals surface area contributed by atoms with E-state index < -0.39 is 57.9 Å². The van der Waals surface area contributed by atoms with Crippen molar-refractivity contribution < 1.29 is 41.8 Å². The molecular formula is C27H30F4N4O5. The lowest BCUT2D eigenvalue weighted by Crippen LogP contribution is -2.52. The van der Waals surface area contributed by atoms with E-state index in [4.69, 9.17) is 4.74 Å². The molecular weight excluding hydrogens is 536 g/mol. The SMILES string of the molecule is Cc1[nH]c(/C=C2\C(=O)Nc3ccc(F)cc32)c(C(F)(F)F)c1C(=O)NCC1(O)CCN(C(=O)OC(C)(C)C)CC1. The number of aryl methyl sites for hydroxylation is 1. The fourth-order valence-corrected chi connectivity index (χ4v) is 4.73. The predicted molar refractivity (Wildman–Crippen MR) is 138 cm³/mol. The lowest BCUT2D eigenvalue weighted by molar-refractivity contribution is -0.138. The van der Waals surface area contributed by atoms with Gasteiger partial charge >= 0.3 is 12.3 Å². The van der Waals surface area contributed by atoms with Gasteiger partial charge in [-0.25, -0.2) is 9.18 Å². The van der Waals surface area contributed by atoms with Gasteiger partial charge in [0.2, 0.25) is 0 Å².